The number of pyridine rings is 1. The number of fused-ring (bicyclic) bond motifs is 1. The highest BCUT2D eigenvalue weighted by molar-refractivity contribution is 5.94. The van der Waals surface area contributed by atoms with Crippen LogP contribution in [0.5, 0.6) is 0 Å². The quantitative estimate of drug-likeness (QED) is 0.318. The maximum absolute atomic E-state index is 13.8. The lowest BCUT2D eigenvalue weighted by Gasteiger charge is -2.37. The standard InChI is InChI=1S/C32H33FN6O3/c1-20-25(11-12-37(4)31(20)40)22-7-10-27-26(15-22)30(36-29(35-27)23-16-34-38(17-23)19-32(2,3)41)39-13-14-42-18-28(39)21-5-8-24(33)9-6-21/h5-12,15-17,28,41H,13-14,18-19H2,1-4H3. The predicted molar refractivity (Wildman–Crippen MR) is 160 cm³/mol. The third kappa shape index (κ3) is 5.43. The molecule has 1 aliphatic heterocycles. The van der Waals surface area contributed by atoms with Crippen LogP contribution in [0.1, 0.15) is 31.0 Å². The third-order valence-electron chi connectivity index (χ3n) is 7.59. The first-order valence-corrected chi connectivity index (χ1v) is 13.9. The monoisotopic (exact) mass is 568 g/mol. The molecular weight excluding hydrogens is 535 g/mol. The second-order valence-electron chi connectivity index (χ2n) is 11.4. The van der Waals surface area contributed by atoms with Gasteiger partial charge in [0.05, 0.1) is 48.7 Å². The van der Waals surface area contributed by atoms with Crippen molar-refractivity contribution in [1.29, 1.82) is 0 Å². The number of aromatic nitrogens is 5. The molecule has 1 atom stereocenters. The first-order valence-electron chi connectivity index (χ1n) is 13.9. The Hall–Kier alpha value is -4.41. The van der Waals surface area contributed by atoms with Crippen molar-refractivity contribution in [2.75, 3.05) is 24.7 Å². The summed E-state index contributed by atoms with van der Waals surface area (Å²) in [5, 5.41) is 15.5. The molecule has 1 N–H and O–H groups in total. The lowest BCUT2D eigenvalue weighted by atomic mass is 9.99. The van der Waals surface area contributed by atoms with Gasteiger partial charge in [-0.3, -0.25) is 9.48 Å². The molecule has 1 aliphatic rings. The molecule has 2 aromatic carbocycles. The van der Waals surface area contributed by atoms with Crippen LogP contribution in [0.25, 0.3) is 33.4 Å². The largest absolute Gasteiger partial charge is 0.389 e. The van der Waals surface area contributed by atoms with E-state index < -0.39 is 5.60 Å². The fraction of sp³-hybridized carbons (Fsp3) is 0.312. The summed E-state index contributed by atoms with van der Waals surface area (Å²) in [5.74, 6) is 0.918. The van der Waals surface area contributed by atoms with Gasteiger partial charge < -0.3 is 19.3 Å². The number of aryl methyl sites for hydroxylation is 1. The molecule has 6 rings (SSSR count). The van der Waals surface area contributed by atoms with Crippen LogP contribution in [0.3, 0.4) is 0 Å². The minimum Gasteiger partial charge on any atom is -0.389 e. The zero-order valence-electron chi connectivity index (χ0n) is 24.1. The van der Waals surface area contributed by atoms with E-state index in [-0.39, 0.29) is 17.4 Å². The van der Waals surface area contributed by atoms with Crippen LogP contribution < -0.4 is 10.5 Å². The molecule has 4 heterocycles. The van der Waals surface area contributed by atoms with Gasteiger partial charge >= 0.3 is 0 Å². The summed E-state index contributed by atoms with van der Waals surface area (Å²) < 4.78 is 22.9. The Balaban J connectivity index is 1.53. The minimum atomic E-state index is -0.929. The average molecular weight is 569 g/mol. The Bertz CT molecular complexity index is 1820. The average Bonchev–Trinajstić information content (AvgIpc) is 3.42. The van der Waals surface area contributed by atoms with E-state index in [1.807, 2.05) is 37.4 Å². The van der Waals surface area contributed by atoms with Crippen LogP contribution >= 0.6 is 0 Å². The van der Waals surface area contributed by atoms with Gasteiger partial charge in [-0.25, -0.2) is 14.4 Å². The molecule has 216 valence electrons. The fourth-order valence-electron chi connectivity index (χ4n) is 5.48. The van der Waals surface area contributed by atoms with Gasteiger partial charge in [0.15, 0.2) is 5.82 Å². The molecule has 3 aromatic heterocycles. The summed E-state index contributed by atoms with van der Waals surface area (Å²) in [5.41, 5.74) is 3.79. The van der Waals surface area contributed by atoms with Gasteiger partial charge in [-0.05, 0) is 67.8 Å². The van der Waals surface area contributed by atoms with Crippen molar-refractivity contribution >= 4 is 16.7 Å². The number of halogens is 1. The van der Waals surface area contributed by atoms with E-state index in [2.05, 4.69) is 10.00 Å². The molecule has 0 spiro atoms. The summed E-state index contributed by atoms with van der Waals surface area (Å²) in [6, 6.07) is 14.2. The van der Waals surface area contributed by atoms with Gasteiger partial charge in [-0.1, -0.05) is 18.2 Å². The number of hydrogen-bond acceptors (Lipinski definition) is 7. The zero-order valence-corrected chi connectivity index (χ0v) is 24.1. The van der Waals surface area contributed by atoms with Crippen LogP contribution in [0.4, 0.5) is 10.2 Å². The highest BCUT2D eigenvalue weighted by Crippen LogP contribution is 2.37. The number of nitrogens with zero attached hydrogens (tertiary/aromatic N) is 6. The van der Waals surface area contributed by atoms with Crippen LogP contribution in [0.15, 0.2) is 71.9 Å². The van der Waals surface area contributed by atoms with E-state index in [0.717, 1.165) is 33.2 Å². The summed E-state index contributed by atoms with van der Waals surface area (Å²) >= 11 is 0. The number of ether oxygens (including phenoxy) is 1. The number of morpholine rings is 1. The Kier molecular flexibility index (Phi) is 7.12. The second-order valence-corrected chi connectivity index (χ2v) is 11.4. The topological polar surface area (TPSA) is 98.3 Å². The molecule has 5 aromatic rings. The van der Waals surface area contributed by atoms with Gasteiger partial charge in [0.25, 0.3) is 5.56 Å². The van der Waals surface area contributed by atoms with Gasteiger partial charge in [0.2, 0.25) is 0 Å². The predicted octanol–water partition coefficient (Wildman–Crippen LogP) is 4.66. The normalized spacial score (nSPS) is 15.9. The minimum absolute atomic E-state index is 0.0490. The van der Waals surface area contributed by atoms with Gasteiger partial charge in [-0.15, -0.1) is 0 Å². The molecule has 0 amide bonds. The summed E-state index contributed by atoms with van der Waals surface area (Å²) in [6.45, 7) is 7.12. The highest BCUT2D eigenvalue weighted by atomic mass is 19.1. The Morgan fingerprint density at radius 2 is 1.88 bits per heavy atom. The molecule has 42 heavy (non-hydrogen) atoms. The number of rotatable bonds is 6. The van der Waals surface area contributed by atoms with Gasteiger partial charge in [0.1, 0.15) is 11.6 Å². The van der Waals surface area contributed by atoms with E-state index >= 15 is 0 Å². The second kappa shape index (κ2) is 10.8. The maximum Gasteiger partial charge on any atom is 0.253 e. The van der Waals surface area contributed by atoms with Crippen molar-refractivity contribution in [3.63, 3.8) is 0 Å². The highest BCUT2D eigenvalue weighted by Gasteiger charge is 2.29. The molecular formula is C32H33FN6O3. The molecule has 9 nitrogen and oxygen atoms in total. The van der Waals surface area contributed by atoms with Crippen LogP contribution in [0, 0.1) is 12.7 Å². The van der Waals surface area contributed by atoms with E-state index in [0.29, 0.717) is 43.5 Å². The summed E-state index contributed by atoms with van der Waals surface area (Å²) in [6.07, 6.45) is 5.30. The smallest absolute Gasteiger partial charge is 0.253 e. The lowest BCUT2D eigenvalue weighted by Crippen LogP contribution is -2.40. The molecule has 1 saturated heterocycles. The van der Waals surface area contributed by atoms with E-state index in [9.17, 15) is 14.3 Å². The Labute approximate surface area is 242 Å². The van der Waals surface area contributed by atoms with Crippen molar-refractivity contribution in [2.45, 2.75) is 39.0 Å². The van der Waals surface area contributed by atoms with Crippen molar-refractivity contribution in [3.8, 4) is 22.5 Å². The van der Waals surface area contributed by atoms with E-state index in [1.165, 1.54) is 12.1 Å². The van der Waals surface area contributed by atoms with Crippen molar-refractivity contribution in [1.82, 2.24) is 24.3 Å². The molecule has 1 fully saturated rings. The summed E-state index contributed by atoms with van der Waals surface area (Å²) in [4.78, 5) is 24.9. The molecule has 0 radical (unpaired) electrons. The number of anilines is 1. The van der Waals surface area contributed by atoms with E-state index in [4.69, 9.17) is 14.7 Å². The first kappa shape index (κ1) is 27.7. The van der Waals surface area contributed by atoms with Gasteiger partial charge in [0, 0.05) is 36.9 Å². The number of hydrogen-bond donors (Lipinski definition) is 1. The van der Waals surface area contributed by atoms with Crippen LogP contribution in [0.2, 0.25) is 0 Å². The van der Waals surface area contributed by atoms with Crippen molar-refractivity contribution < 1.29 is 14.2 Å². The Morgan fingerprint density at radius 1 is 1.10 bits per heavy atom. The number of benzene rings is 2. The lowest BCUT2D eigenvalue weighted by molar-refractivity contribution is 0.0577. The molecule has 0 aliphatic carbocycles. The molecule has 1 unspecified atom stereocenters. The molecule has 0 saturated carbocycles. The van der Waals surface area contributed by atoms with Crippen LogP contribution in [-0.4, -0.2) is 54.8 Å². The zero-order chi connectivity index (χ0) is 29.6. The SMILES string of the molecule is Cc1c(-c2ccc3nc(-c4cnn(CC(C)(C)O)c4)nc(N4CCOCC4c4ccc(F)cc4)c3c2)ccn(C)c1=O. The van der Waals surface area contributed by atoms with Gasteiger partial charge in [-0.2, -0.15) is 5.10 Å². The fourth-order valence-corrected chi connectivity index (χ4v) is 5.48. The van der Waals surface area contributed by atoms with Crippen molar-refractivity contribution in [3.05, 3.63) is 94.4 Å². The Morgan fingerprint density at radius 3 is 2.64 bits per heavy atom. The number of aliphatic hydroxyl groups is 1. The maximum atomic E-state index is 13.8. The molecule has 10 heteroatoms. The van der Waals surface area contributed by atoms with Crippen molar-refractivity contribution in [2.24, 2.45) is 7.05 Å². The van der Waals surface area contributed by atoms with E-state index in [1.54, 1.807) is 54.7 Å². The summed E-state index contributed by atoms with van der Waals surface area (Å²) in [7, 11) is 1.74. The first-order chi connectivity index (χ1) is 20.1. The third-order valence-corrected chi connectivity index (χ3v) is 7.59. The molecule has 0 bridgehead atoms. The van der Waals surface area contributed by atoms with Crippen LogP contribution in [-0.2, 0) is 18.3 Å².